The highest BCUT2D eigenvalue weighted by Crippen LogP contribution is 2.33. The highest BCUT2D eigenvalue weighted by molar-refractivity contribution is 6.02. The number of carbonyl (C=O) groups excluding carboxylic acids is 3. The zero-order valence-electron chi connectivity index (χ0n) is 20.3. The molecule has 0 unspecified atom stereocenters. The van der Waals surface area contributed by atoms with Crippen LogP contribution in [0.3, 0.4) is 0 Å². The number of ether oxygens (including phenoxy) is 3. The van der Waals surface area contributed by atoms with Gasteiger partial charge in [-0.15, -0.1) is 0 Å². The molecule has 2 heterocycles. The van der Waals surface area contributed by atoms with E-state index in [4.69, 9.17) is 14.2 Å². The van der Waals surface area contributed by atoms with Crippen LogP contribution in [0.4, 0.5) is 5.69 Å². The Bertz CT molecular complexity index is 1090. The molecular weight excluding hydrogens is 448 g/mol. The van der Waals surface area contributed by atoms with Crippen LogP contribution in [0.25, 0.3) is 0 Å². The first-order chi connectivity index (χ1) is 16.9. The number of Topliss-reactive ketones (excluding diaryl/α,β-unsaturated/α-hetero) is 1. The van der Waals surface area contributed by atoms with Crippen LogP contribution in [-0.4, -0.2) is 56.6 Å². The van der Waals surface area contributed by atoms with Gasteiger partial charge < -0.3 is 24.4 Å². The first kappa shape index (κ1) is 24.7. The van der Waals surface area contributed by atoms with Crippen molar-refractivity contribution >= 4 is 23.3 Å². The van der Waals surface area contributed by atoms with Gasteiger partial charge >= 0.3 is 0 Å². The van der Waals surface area contributed by atoms with Crippen LogP contribution >= 0.6 is 0 Å². The molecule has 2 aliphatic rings. The van der Waals surface area contributed by atoms with Crippen molar-refractivity contribution in [2.45, 2.75) is 45.6 Å². The number of hydrogen-bond acceptors (Lipinski definition) is 6. The molecule has 0 spiro atoms. The Hall–Kier alpha value is -3.39. The van der Waals surface area contributed by atoms with Crippen molar-refractivity contribution in [2.24, 2.45) is 0 Å². The lowest BCUT2D eigenvalue weighted by atomic mass is 10.1. The van der Waals surface area contributed by atoms with Crippen molar-refractivity contribution < 1.29 is 28.6 Å². The summed E-state index contributed by atoms with van der Waals surface area (Å²) in [7, 11) is 0. The molecule has 1 N–H and O–H groups in total. The second-order valence-electron chi connectivity index (χ2n) is 9.04. The van der Waals surface area contributed by atoms with Crippen LogP contribution in [0.15, 0.2) is 36.4 Å². The van der Waals surface area contributed by atoms with Crippen LogP contribution < -0.4 is 19.7 Å². The molecule has 0 bridgehead atoms. The van der Waals surface area contributed by atoms with Gasteiger partial charge in [-0.2, -0.15) is 0 Å². The second-order valence-corrected chi connectivity index (χ2v) is 9.04. The van der Waals surface area contributed by atoms with Crippen molar-refractivity contribution in [3.8, 4) is 11.5 Å². The van der Waals surface area contributed by atoms with E-state index in [9.17, 15) is 14.4 Å². The predicted octanol–water partition coefficient (Wildman–Crippen LogP) is 3.37. The molecule has 0 saturated carbocycles. The molecule has 1 fully saturated rings. The summed E-state index contributed by atoms with van der Waals surface area (Å²) in [5, 5.41) is 2.90. The van der Waals surface area contributed by atoms with Crippen LogP contribution in [0.1, 0.15) is 47.2 Å². The van der Waals surface area contributed by atoms with E-state index in [0.717, 1.165) is 30.6 Å². The van der Waals surface area contributed by atoms with Gasteiger partial charge in [0, 0.05) is 31.7 Å². The van der Waals surface area contributed by atoms with Gasteiger partial charge in [0.2, 0.25) is 5.91 Å². The molecule has 8 heteroatoms. The summed E-state index contributed by atoms with van der Waals surface area (Å²) in [6.45, 7) is 5.36. The lowest BCUT2D eigenvalue weighted by Gasteiger charge is -2.29. The van der Waals surface area contributed by atoms with Gasteiger partial charge in [0.15, 0.2) is 19.0 Å². The molecule has 186 valence electrons. The number of hydrogen-bond donors (Lipinski definition) is 1. The van der Waals surface area contributed by atoms with Crippen LogP contribution in [0.5, 0.6) is 11.5 Å². The monoisotopic (exact) mass is 480 g/mol. The largest absolute Gasteiger partial charge is 0.485 e. The van der Waals surface area contributed by atoms with Gasteiger partial charge in [-0.25, -0.2) is 0 Å². The average molecular weight is 481 g/mol. The number of nitrogens with zero attached hydrogens (tertiary/aromatic N) is 1. The first-order valence-electron chi connectivity index (χ1n) is 12.1. The number of nitrogens with one attached hydrogen (secondary N) is 1. The molecule has 1 saturated heterocycles. The Kier molecular flexibility index (Phi) is 8.02. The molecule has 35 heavy (non-hydrogen) atoms. The fraction of sp³-hybridized carbons (Fsp3) is 0.444. The Morgan fingerprint density at radius 1 is 1.17 bits per heavy atom. The smallest absolute Gasteiger partial charge is 0.265 e. The molecule has 0 radical (unpaired) electrons. The third-order valence-electron chi connectivity index (χ3n) is 6.26. The molecule has 2 amide bonds. The summed E-state index contributed by atoms with van der Waals surface area (Å²) < 4.78 is 16.8. The Balaban J connectivity index is 1.35. The molecule has 2 aliphatic heterocycles. The molecule has 2 aromatic carbocycles. The molecule has 2 aromatic rings. The molecule has 8 nitrogen and oxygen atoms in total. The molecule has 1 atom stereocenters. The standard InChI is InChI=1S/C27H32N2O6/c1-18-7-8-19(2)25(13-18)34-16-23(30)20-9-10-24-22(14-20)29(27(32)17-35-24)11-3-6-26(31)28-15-21-5-4-12-33-21/h7-10,13-14,21H,3-6,11-12,15-17H2,1-2H3,(H,28,31)/t21-/m0/s1. The van der Waals surface area contributed by atoms with Crippen molar-refractivity contribution in [1.29, 1.82) is 0 Å². The van der Waals surface area contributed by atoms with Crippen LogP contribution in [0.2, 0.25) is 0 Å². The minimum atomic E-state index is -0.200. The first-order valence-corrected chi connectivity index (χ1v) is 12.1. The lowest BCUT2D eigenvalue weighted by Crippen LogP contribution is -2.40. The second kappa shape index (κ2) is 11.4. The number of benzene rings is 2. The predicted molar refractivity (Wildman–Crippen MR) is 131 cm³/mol. The van der Waals surface area contributed by atoms with E-state index in [-0.39, 0.29) is 36.9 Å². The summed E-state index contributed by atoms with van der Waals surface area (Å²) in [5.74, 6) is 0.760. The maximum atomic E-state index is 12.8. The van der Waals surface area contributed by atoms with Gasteiger partial charge in [-0.05, 0) is 68.5 Å². The van der Waals surface area contributed by atoms with Crippen LogP contribution in [-0.2, 0) is 14.3 Å². The zero-order valence-corrected chi connectivity index (χ0v) is 20.3. The molecule has 0 aliphatic carbocycles. The van der Waals surface area contributed by atoms with E-state index in [1.165, 1.54) is 0 Å². The average Bonchev–Trinajstić information content (AvgIpc) is 3.38. The van der Waals surface area contributed by atoms with E-state index < -0.39 is 0 Å². The topological polar surface area (TPSA) is 94.2 Å². The maximum Gasteiger partial charge on any atom is 0.265 e. The van der Waals surface area contributed by atoms with E-state index in [1.54, 1.807) is 23.1 Å². The number of anilines is 1. The molecule has 0 aromatic heterocycles. The summed E-state index contributed by atoms with van der Waals surface area (Å²) in [6.07, 6.45) is 2.89. The van der Waals surface area contributed by atoms with Gasteiger partial charge in [0.1, 0.15) is 11.5 Å². The van der Waals surface area contributed by atoms with Crippen LogP contribution in [0, 0.1) is 13.8 Å². The molecule has 4 rings (SSSR count). The SMILES string of the molecule is Cc1ccc(C)c(OCC(=O)c2ccc3c(c2)N(CCCC(=O)NC[C@@H]2CCCO2)C(=O)CO3)c1. The normalized spacial score (nSPS) is 17.0. The number of aryl methyl sites for hydroxylation is 2. The van der Waals surface area contributed by atoms with Crippen molar-refractivity contribution in [3.05, 3.63) is 53.1 Å². The van der Waals surface area contributed by atoms with Crippen molar-refractivity contribution in [3.63, 3.8) is 0 Å². The van der Waals surface area contributed by atoms with Crippen molar-refractivity contribution in [1.82, 2.24) is 5.32 Å². The minimum Gasteiger partial charge on any atom is -0.485 e. The summed E-state index contributed by atoms with van der Waals surface area (Å²) in [5.41, 5.74) is 2.99. The Morgan fingerprint density at radius 2 is 2.03 bits per heavy atom. The highest BCUT2D eigenvalue weighted by Gasteiger charge is 2.26. The number of rotatable bonds is 10. The summed E-state index contributed by atoms with van der Waals surface area (Å²) in [6, 6.07) is 10.9. The molecular formula is C27H32N2O6. The number of fused-ring (bicyclic) bond motifs is 1. The zero-order chi connectivity index (χ0) is 24.8. The Morgan fingerprint density at radius 3 is 2.83 bits per heavy atom. The van der Waals surface area contributed by atoms with E-state index >= 15 is 0 Å². The number of carbonyl (C=O) groups is 3. The number of amides is 2. The summed E-state index contributed by atoms with van der Waals surface area (Å²) >= 11 is 0. The lowest BCUT2D eigenvalue weighted by molar-refractivity contribution is -0.123. The van der Waals surface area contributed by atoms with E-state index in [0.29, 0.717) is 48.7 Å². The maximum absolute atomic E-state index is 12.8. The van der Waals surface area contributed by atoms with Gasteiger partial charge in [-0.1, -0.05) is 12.1 Å². The third kappa shape index (κ3) is 6.39. The van der Waals surface area contributed by atoms with Gasteiger partial charge in [-0.3, -0.25) is 14.4 Å². The number of ketones is 1. The van der Waals surface area contributed by atoms with E-state index in [2.05, 4.69) is 5.32 Å². The van der Waals surface area contributed by atoms with Gasteiger partial charge in [0.05, 0.1) is 11.8 Å². The fourth-order valence-corrected chi connectivity index (χ4v) is 4.23. The third-order valence-corrected chi connectivity index (χ3v) is 6.26. The minimum absolute atomic E-state index is 0.0612. The Labute approximate surface area is 205 Å². The fourth-order valence-electron chi connectivity index (χ4n) is 4.23. The van der Waals surface area contributed by atoms with E-state index in [1.807, 2.05) is 32.0 Å². The van der Waals surface area contributed by atoms with Gasteiger partial charge in [0.25, 0.3) is 5.91 Å². The summed E-state index contributed by atoms with van der Waals surface area (Å²) in [4.78, 5) is 39.2. The highest BCUT2D eigenvalue weighted by atomic mass is 16.5. The van der Waals surface area contributed by atoms with Crippen molar-refractivity contribution in [2.75, 3.05) is 37.8 Å². The quantitative estimate of drug-likeness (QED) is 0.524.